The summed E-state index contributed by atoms with van der Waals surface area (Å²) in [4.78, 5) is 20.2. The molecule has 23 heavy (non-hydrogen) atoms. The molecule has 0 spiro atoms. The van der Waals surface area contributed by atoms with Crippen LogP contribution in [0.1, 0.15) is 12.8 Å². The molecule has 0 aliphatic heterocycles. The van der Waals surface area contributed by atoms with Gasteiger partial charge in [0, 0.05) is 22.9 Å². The number of aromatic nitrogens is 2. The SMILES string of the molecule is O=C(O)CCCNc1ncnc2cc(-c3ccc(Cl)cc3)sc12. The van der Waals surface area contributed by atoms with Gasteiger partial charge in [-0.05, 0) is 30.2 Å². The van der Waals surface area contributed by atoms with Gasteiger partial charge in [0.2, 0.25) is 0 Å². The maximum Gasteiger partial charge on any atom is 0.303 e. The number of fused-ring (bicyclic) bond motifs is 1. The Hall–Kier alpha value is -2.18. The van der Waals surface area contributed by atoms with Crippen LogP contribution in [0.3, 0.4) is 0 Å². The van der Waals surface area contributed by atoms with Gasteiger partial charge < -0.3 is 10.4 Å². The van der Waals surface area contributed by atoms with Gasteiger partial charge in [-0.25, -0.2) is 9.97 Å². The van der Waals surface area contributed by atoms with Crippen LogP contribution in [-0.2, 0) is 4.79 Å². The van der Waals surface area contributed by atoms with E-state index in [-0.39, 0.29) is 6.42 Å². The second-order valence-electron chi connectivity index (χ2n) is 4.98. The summed E-state index contributed by atoms with van der Waals surface area (Å²) in [6.07, 6.45) is 2.21. The van der Waals surface area contributed by atoms with Crippen LogP contribution in [-0.4, -0.2) is 27.6 Å². The number of hydrogen-bond acceptors (Lipinski definition) is 5. The molecule has 2 aromatic heterocycles. The molecule has 0 radical (unpaired) electrons. The highest BCUT2D eigenvalue weighted by atomic mass is 35.5. The molecule has 3 aromatic rings. The first-order chi connectivity index (χ1) is 11.1. The molecule has 0 bridgehead atoms. The standard InChI is InChI=1S/C16H14ClN3O2S/c17-11-5-3-10(4-6-11)13-8-12-15(23-13)16(20-9-19-12)18-7-1-2-14(21)22/h3-6,8-9H,1-2,7H2,(H,21,22)(H,18,19,20). The smallest absolute Gasteiger partial charge is 0.303 e. The van der Waals surface area contributed by atoms with Gasteiger partial charge in [0.15, 0.2) is 0 Å². The van der Waals surface area contributed by atoms with E-state index in [1.165, 1.54) is 6.33 Å². The maximum atomic E-state index is 10.5. The summed E-state index contributed by atoms with van der Waals surface area (Å²) < 4.78 is 0.966. The lowest BCUT2D eigenvalue weighted by molar-refractivity contribution is -0.137. The minimum Gasteiger partial charge on any atom is -0.481 e. The van der Waals surface area contributed by atoms with Crippen molar-refractivity contribution in [3.05, 3.63) is 41.7 Å². The monoisotopic (exact) mass is 347 g/mol. The third-order valence-corrected chi connectivity index (χ3v) is 4.73. The van der Waals surface area contributed by atoms with E-state index in [9.17, 15) is 4.79 Å². The molecule has 2 heterocycles. The Morgan fingerprint density at radius 1 is 1.26 bits per heavy atom. The summed E-state index contributed by atoms with van der Waals surface area (Å²) in [6.45, 7) is 0.562. The van der Waals surface area contributed by atoms with E-state index in [1.807, 2.05) is 30.3 Å². The molecule has 0 aliphatic carbocycles. The number of anilines is 1. The van der Waals surface area contributed by atoms with Gasteiger partial charge in [0.05, 0.1) is 10.2 Å². The van der Waals surface area contributed by atoms with E-state index in [0.29, 0.717) is 18.0 Å². The van der Waals surface area contributed by atoms with Crippen LogP contribution in [0.2, 0.25) is 5.02 Å². The van der Waals surface area contributed by atoms with Crippen LogP contribution < -0.4 is 5.32 Å². The van der Waals surface area contributed by atoms with Gasteiger partial charge in [0.25, 0.3) is 0 Å². The normalized spacial score (nSPS) is 10.8. The first-order valence-corrected chi connectivity index (χ1v) is 8.29. The number of carbonyl (C=O) groups is 1. The minimum atomic E-state index is -0.791. The van der Waals surface area contributed by atoms with Crippen LogP contribution in [0.15, 0.2) is 36.7 Å². The average molecular weight is 348 g/mol. The molecule has 0 atom stereocenters. The molecule has 3 rings (SSSR count). The Bertz CT molecular complexity index is 833. The van der Waals surface area contributed by atoms with Crippen molar-refractivity contribution in [3.8, 4) is 10.4 Å². The second-order valence-corrected chi connectivity index (χ2v) is 6.47. The molecule has 0 unspecified atom stereocenters. The number of rotatable bonds is 6. The van der Waals surface area contributed by atoms with Crippen molar-refractivity contribution in [1.82, 2.24) is 9.97 Å². The fourth-order valence-electron chi connectivity index (χ4n) is 2.18. The summed E-state index contributed by atoms with van der Waals surface area (Å²) in [5, 5.41) is 12.6. The third kappa shape index (κ3) is 3.78. The van der Waals surface area contributed by atoms with Crippen molar-refractivity contribution in [1.29, 1.82) is 0 Å². The number of carboxylic acid groups (broad SMARTS) is 1. The van der Waals surface area contributed by atoms with Crippen LogP contribution in [0.4, 0.5) is 5.82 Å². The van der Waals surface area contributed by atoms with Crippen LogP contribution >= 0.6 is 22.9 Å². The first-order valence-electron chi connectivity index (χ1n) is 7.09. The van der Waals surface area contributed by atoms with Crippen molar-refractivity contribution >= 4 is 44.9 Å². The number of hydrogen-bond donors (Lipinski definition) is 2. The van der Waals surface area contributed by atoms with Gasteiger partial charge >= 0.3 is 5.97 Å². The highest BCUT2D eigenvalue weighted by molar-refractivity contribution is 7.22. The van der Waals surface area contributed by atoms with Crippen molar-refractivity contribution in [2.24, 2.45) is 0 Å². The Kier molecular flexibility index (Phi) is 4.73. The van der Waals surface area contributed by atoms with Crippen molar-refractivity contribution in [3.63, 3.8) is 0 Å². The molecular formula is C16H14ClN3O2S. The Morgan fingerprint density at radius 2 is 2.04 bits per heavy atom. The van der Waals surface area contributed by atoms with E-state index in [0.717, 1.165) is 26.5 Å². The highest BCUT2D eigenvalue weighted by Gasteiger charge is 2.10. The molecule has 118 valence electrons. The Morgan fingerprint density at radius 3 is 2.78 bits per heavy atom. The molecule has 0 saturated heterocycles. The van der Waals surface area contributed by atoms with Crippen LogP contribution in [0.5, 0.6) is 0 Å². The number of carboxylic acids is 1. The van der Waals surface area contributed by atoms with E-state index < -0.39 is 5.97 Å². The average Bonchev–Trinajstić information content (AvgIpc) is 2.97. The molecule has 1 aromatic carbocycles. The highest BCUT2D eigenvalue weighted by Crippen LogP contribution is 2.35. The number of nitrogens with one attached hydrogen (secondary N) is 1. The lowest BCUT2D eigenvalue weighted by Gasteiger charge is -2.04. The fourth-order valence-corrected chi connectivity index (χ4v) is 3.39. The summed E-state index contributed by atoms with van der Waals surface area (Å²) in [7, 11) is 0. The second kappa shape index (κ2) is 6.93. The van der Waals surface area contributed by atoms with Crippen LogP contribution in [0, 0.1) is 0 Å². The van der Waals surface area contributed by atoms with Crippen LogP contribution in [0.25, 0.3) is 20.7 Å². The molecule has 0 saturated carbocycles. The molecule has 0 fully saturated rings. The van der Waals surface area contributed by atoms with E-state index in [1.54, 1.807) is 11.3 Å². The first kappa shape index (κ1) is 15.7. The van der Waals surface area contributed by atoms with Gasteiger partial charge in [-0.3, -0.25) is 4.79 Å². The Labute approximate surface area is 142 Å². The number of aliphatic carboxylic acids is 1. The lowest BCUT2D eigenvalue weighted by Crippen LogP contribution is -2.06. The molecule has 7 heteroatoms. The molecule has 5 nitrogen and oxygen atoms in total. The molecule has 0 aliphatic rings. The zero-order chi connectivity index (χ0) is 16.2. The van der Waals surface area contributed by atoms with Gasteiger partial charge in [-0.2, -0.15) is 0 Å². The molecule has 0 amide bonds. The van der Waals surface area contributed by atoms with E-state index in [2.05, 4.69) is 15.3 Å². The Balaban J connectivity index is 1.83. The topological polar surface area (TPSA) is 75.1 Å². The zero-order valence-corrected chi connectivity index (χ0v) is 13.7. The fraction of sp³-hybridized carbons (Fsp3) is 0.188. The van der Waals surface area contributed by atoms with Crippen molar-refractivity contribution in [2.45, 2.75) is 12.8 Å². The number of benzene rings is 1. The summed E-state index contributed by atoms with van der Waals surface area (Å²) in [5.41, 5.74) is 1.95. The summed E-state index contributed by atoms with van der Waals surface area (Å²) in [5.74, 6) is -0.0496. The van der Waals surface area contributed by atoms with Gasteiger partial charge in [-0.15, -0.1) is 11.3 Å². The number of nitrogens with zero attached hydrogens (tertiary/aromatic N) is 2. The number of halogens is 1. The minimum absolute atomic E-state index is 0.141. The summed E-state index contributed by atoms with van der Waals surface area (Å²) in [6, 6.07) is 9.68. The maximum absolute atomic E-state index is 10.5. The zero-order valence-electron chi connectivity index (χ0n) is 12.1. The predicted molar refractivity (Wildman–Crippen MR) is 93.2 cm³/mol. The van der Waals surface area contributed by atoms with E-state index >= 15 is 0 Å². The largest absolute Gasteiger partial charge is 0.481 e. The van der Waals surface area contributed by atoms with Crippen molar-refractivity contribution in [2.75, 3.05) is 11.9 Å². The third-order valence-electron chi connectivity index (χ3n) is 3.30. The number of thiophene rings is 1. The quantitative estimate of drug-likeness (QED) is 0.650. The lowest BCUT2D eigenvalue weighted by atomic mass is 10.2. The molecule has 2 N–H and O–H groups in total. The van der Waals surface area contributed by atoms with E-state index in [4.69, 9.17) is 16.7 Å². The van der Waals surface area contributed by atoms with Gasteiger partial charge in [0.1, 0.15) is 12.1 Å². The predicted octanol–water partition coefficient (Wildman–Crippen LogP) is 4.29. The van der Waals surface area contributed by atoms with Gasteiger partial charge in [-0.1, -0.05) is 23.7 Å². The van der Waals surface area contributed by atoms with Crippen molar-refractivity contribution < 1.29 is 9.90 Å². The summed E-state index contributed by atoms with van der Waals surface area (Å²) >= 11 is 7.53. The molecular weight excluding hydrogens is 334 g/mol.